The molecule has 1 N–H and O–H groups in total. The highest BCUT2D eigenvalue weighted by atomic mass is 32.2. The summed E-state index contributed by atoms with van der Waals surface area (Å²) >= 11 is 0. The molecule has 1 aliphatic heterocycles. The lowest BCUT2D eigenvalue weighted by molar-refractivity contribution is 0.171. The first kappa shape index (κ1) is 11.2. The Morgan fingerprint density at radius 3 is 2.62 bits per heavy atom. The minimum Gasteiger partial charge on any atom is -0.486 e. The molecule has 2 rings (SSSR count). The average Bonchev–Trinajstić information content (AvgIpc) is 2.28. The summed E-state index contributed by atoms with van der Waals surface area (Å²) in [6.07, 6.45) is 0. The van der Waals surface area contributed by atoms with Gasteiger partial charge in [0.15, 0.2) is 21.3 Å². The number of hydrogen-bond acceptors (Lipinski definition) is 5. The zero-order valence-corrected chi connectivity index (χ0v) is 9.71. The van der Waals surface area contributed by atoms with E-state index in [0.717, 1.165) is 0 Å². The Balaban J connectivity index is 2.37. The van der Waals surface area contributed by atoms with Gasteiger partial charge in [0.05, 0.1) is 4.90 Å². The van der Waals surface area contributed by atoms with Crippen molar-refractivity contribution in [2.24, 2.45) is 0 Å². The Kier molecular flexibility index (Phi) is 3.02. The number of nitrogens with one attached hydrogen (secondary N) is 1. The Hall–Kier alpha value is -1.27. The van der Waals surface area contributed by atoms with Gasteiger partial charge >= 0.3 is 0 Å². The van der Waals surface area contributed by atoms with Gasteiger partial charge in [-0.1, -0.05) is 0 Å². The highest BCUT2D eigenvalue weighted by Gasteiger charge is 2.18. The molecule has 0 unspecified atom stereocenters. The Morgan fingerprint density at radius 1 is 1.25 bits per heavy atom. The molecule has 1 heterocycles. The summed E-state index contributed by atoms with van der Waals surface area (Å²) in [4.78, 5) is 0.242. The number of fused-ring (bicyclic) bond motifs is 1. The second-order valence-corrected chi connectivity index (χ2v) is 5.41. The summed E-state index contributed by atoms with van der Waals surface area (Å²) in [6, 6.07) is 4.65. The summed E-state index contributed by atoms with van der Waals surface area (Å²) < 4.78 is 34.2. The SMILES string of the molecule is CNCS(=O)(=O)c1ccc2c(c1)OCCO2. The standard InChI is InChI=1S/C10H13NO4S/c1-11-7-16(12,13)8-2-3-9-10(6-8)15-5-4-14-9/h2-3,6,11H,4-5,7H2,1H3. The summed E-state index contributed by atoms with van der Waals surface area (Å²) in [5.41, 5.74) is 0. The lowest BCUT2D eigenvalue weighted by Gasteiger charge is -2.18. The third kappa shape index (κ3) is 2.12. The highest BCUT2D eigenvalue weighted by molar-refractivity contribution is 7.91. The van der Waals surface area contributed by atoms with Crippen LogP contribution in [0.15, 0.2) is 23.1 Å². The van der Waals surface area contributed by atoms with Gasteiger partial charge in [-0.05, 0) is 19.2 Å². The summed E-state index contributed by atoms with van der Waals surface area (Å²) in [5, 5.41) is 2.63. The smallest absolute Gasteiger partial charge is 0.191 e. The fourth-order valence-corrected chi connectivity index (χ4v) is 2.60. The van der Waals surface area contributed by atoms with Crippen LogP contribution in [0, 0.1) is 0 Å². The van der Waals surface area contributed by atoms with Crippen molar-refractivity contribution in [3.05, 3.63) is 18.2 Å². The lowest BCUT2D eigenvalue weighted by Crippen LogP contribution is -2.20. The zero-order valence-electron chi connectivity index (χ0n) is 8.89. The van der Waals surface area contributed by atoms with E-state index in [-0.39, 0.29) is 10.8 Å². The summed E-state index contributed by atoms with van der Waals surface area (Å²) in [7, 11) is -1.70. The first-order valence-electron chi connectivity index (χ1n) is 4.90. The minimum absolute atomic E-state index is 0.0906. The maximum absolute atomic E-state index is 11.8. The van der Waals surface area contributed by atoms with Gasteiger partial charge in [0.25, 0.3) is 0 Å². The van der Waals surface area contributed by atoms with E-state index in [9.17, 15) is 8.42 Å². The van der Waals surface area contributed by atoms with Crippen molar-refractivity contribution in [3.8, 4) is 11.5 Å². The number of hydrogen-bond donors (Lipinski definition) is 1. The molecule has 0 saturated heterocycles. The van der Waals surface area contributed by atoms with Crippen LogP contribution < -0.4 is 14.8 Å². The third-order valence-electron chi connectivity index (χ3n) is 2.21. The van der Waals surface area contributed by atoms with Gasteiger partial charge in [-0.2, -0.15) is 0 Å². The molecule has 1 aromatic rings. The highest BCUT2D eigenvalue weighted by Crippen LogP contribution is 2.32. The van der Waals surface area contributed by atoms with Crippen molar-refractivity contribution in [1.82, 2.24) is 5.32 Å². The van der Waals surface area contributed by atoms with Gasteiger partial charge in [-0.3, -0.25) is 0 Å². The van der Waals surface area contributed by atoms with E-state index < -0.39 is 9.84 Å². The molecule has 0 bridgehead atoms. The average molecular weight is 243 g/mol. The van der Waals surface area contributed by atoms with Crippen molar-refractivity contribution >= 4 is 9.84 Å². The molecular weight excluding hydrogens is 230 g/mol. The molecule has 0 aromatic heterocycles. The predicted molar refractivity (Wildman–Crippen MR) is 58.5 cm³/mol. The van der Waals surface area contributed by atoms with E-state index >= 15 is 0 Å². The number of benzene rings is 1. The molecule has 6 heteroatoms. The molecule has 0 aliphatic carbocycles. The van der Waals surface area contributed by atoms with Crippen LogP contribution in [0.1, 0.15) is 0 Å². The second-order valence-electron chi connectivity index (χ2n) is 3.42. The maximum atomic E-state index is 11.8. The monoisotopic (exact) mass is 243 g/mol. The molecule has 0 fully saturated rings. The normalized spacial score (nSPS) is 14.8. The predicted octanol–water partition coefficient (Wildman–Crippen LogP) is 0.408. The van der Waals surface area contributed by atoms with E-state index in [1.165, 1.54) is 12.1 Å². The van der Waals surface area contributed by atoms with Crippen LogP contribution >= 0.6 is 0 Å². The largest absolute Gasteiger partial charge is 0.486 e. The molecule has 0 spiro atoms. The molecule has 1 aliphatic rings. The Bertz CT molecular complexity index is 484. The molecule has 0 radical (unpaired) electrons. The van der Waals surface area contributed by atoms with E-state index in [1.54, 1.807) is 13.1 Å². The van der Waals surface area contributed by atoms with E-state index in [1.807, 2.05) is 0 Å². The molecule has 88 valence electrons. The van der Waals surface area contributed by atoms with Crippen LogP contribution in [0.25, 0.3) is 0 Å². The third-order valence-corrected chi connectivity index (χ3v) is 3.85. The van der Waals surface area contributed by atoms with Crippen LogP contribution in [-0.4, -0.2) is 34.6 Å². The fourth-order valence-electron chi connectivity index (χ4n) is 1.49. The first-order valence-corrected chi connectivity index (χ1v) is 6.56. The summed E-state index contributed by atoms with van der Waals surface area (Å²) in [6.45, 7) is 0.943. The number of rotatable bonds is 3. The van der Waals surface area contributed by atoms with Crippen LogP contribution in [-0.2, 0) is 9.84 Å². The lowest BCUT2D eigenvalue weighted by atomic mass is 10.3. The second kappa shape index (κ2) is 4.31. The van der Waals surface area contributed by atoms with E-state index in [0.29, 0.717) is 24.7 Å². The maximum Gasteiger partial charge on any atom is 0.191 e. The van der Waals surface area contributed by atoms with Gasteiger partial charge in [0, 0.05) is 6.07 Å². The van der Waals surface area contributed by atoms with Gasteiger partial charge in [-0.25, -0.2) is 8.42 Å². The van der Waals surface area contributed by atoms with Gasteiger partial charge < -0.3 is 14.8 Å². The number of ether oxygens (including phenoxy) is 2. The van der Waals surface area contributed by atoms with Crippen LogP contribution in [0.4, 0.5) is 0 Å². The number of sulfone groups is 1. The fraction of sp³-hybridized carbons (Fsp3) is 0.400. The minimum atomic E-state index is -3.29. The quantitative estimate of drug-likeness (QED) is 0.833. The van der Waals surface area contributed by atoms with Crippen LogP contribution in [0.3, 0.4) is 0 Å². The molecule has 16 heavy (non-hydrogen) atoms. The molecular formula is C10H13NO4S. The zero-order chi connectivity index (χ0) is 11.6. The van der Waals surface area contributed by atoms with Crippen LogP contribution in [0.2, 0.25) is 0 Å². The topological polar surface area (TPSA) is 64.6 Å². The van der Waals surface area contributed by atoms with Crippen LogP contribution in [0.5, 0.6) is 11.5 Å². The van der Waals surface area contributed by atoms with E-state index in [2.05, 4.69) is 5.32 Å². The summed E-state index contributed by atoms with van der Waals surface area (Å²) in [5.74, 6) is 0.991. The van der Waals surface area contributed by atoms with Gasteiger partial charge in [-0.15, -0.1) is 0 Å². The van der Waals surface area contributed by atoms with Gasteiger partial charge in [0.2, 0.25) is 0 Å². The molecule has 0 atom stereocenters. The molecule has 5 nitrogen and oxygen atoms in total. The Labute approximate surface area is 94.3 Å². The first-order chi connectivity index (χ1) is 7.63. The van der Waals surface area contributed by atoms with E-state index in [4.69, 9.17) is 9.47 Å². The Morgan fingerprint density at radius 2 is 1.94 bits per heavy atom. The van der Waals surface area contributed by atoms with Crippen molar-refractivity contribution in [1.29, 1.82) is 0 Å². The van der Waals surface area contributed by atoms with Crippen molar-refractivity contribution in [3.63, 3.8) is 0 Å². The molecule has 1 aromatic carbocycles. The van der Waals surface area contributed by atoms with Crippen molar-refractivity contribution in [2.75, 3.05) is 26.1 Å². The molecule has 0 saturated carbocycles. The van der Waals surface area contributed by atoms with Gasteiger partial charge in [0.1, 0.15) is 19.1 Å². The van der Waals surface area contributed by atoms with Crippen molar-refractivity contribution in [2.45, 2.75) is 4.90 Å². The molecule has 0 amide bonds. The van der Waals surface area contributed by atoms with Crippen molar-refractivity contribution < 1.29 is 17.9 Å².